The third-order valence-corrected chi connectivity index (χ3v) is 5.61. The van der Waals surface area contributed by atoms with Crippen molar-refractivity contribution in [3.05, 3.63) is 35.4 Å². The van der Waals surface area contributed by atoms with Crippen molar-refractivity contribution < 1.29 is 19.1 Å². The molecule has 0 N–H and O–H groups in total. The highest BCUT2D eigenvalue weighted by atomic mass is 16.5. The molecule has 170 valence electrons. The van der Waals surface area contributed by atoms with Crippen molar-refractivity contribution in [2.24, 2.45) is 11.8 Å². The molecule has 0 radical (unpaired) electrons. The largest absolute Gasteiger partial charge is 0.462 e. The van der Waals surface area contributed by atoms with E-state index in [1.165, 1.54) is 38.5 Å². The van der Waals surface area contributed by atoms with E-state index in [0.717, 1.165) is 25.7 Å². The van der Waals surface area contributed by atoms with Crippen LogP contribution in [0.15, 0.2) is 24.3 Å². The summed E-state index contributed by atoms with van der Waals surface area (Å²) in [5.74, 6) is 0.677. The predicted octanol–water partition coefficient (Wildman–Crippen LogP) is 7.21. The maximum absolute atomic E-state index is 12.2. The summed E-state index contributed by atoms with van der Waals surface area (Å²) in [7, 11) is 0. The van der Waals surface area contributed by atoms with Crippen molar-refractivity contribution >= 4 is 11.9 Å². The lowest BCUT2D eigenvalue weighted by molar-refractivity contribution is 0.0479. The monoisotopic (exact) mass is 418 g/mol. The summed E-state index contributed by atoms with van der Waals surface area (Å²) in [6, 6.07) is 6.54. The highest BCUT2D eigenvalue weighted by Crippen LogP contribution is 2.15. The molecule has 1 rings (SSSR count). The molecule has 0 aliphatic rings. The van der Waals surface area contributed by atoms with Gasteiger partial charge in [-0.3, -0.25) is 0 Å². The first-order chi connectivity index (χ1) is 14.5. The second kappa shape index (κ2) is 15.9. The quantitative estimate of drug-likeness (QED) is 0.210. The van der Waals surface area contributed by atoms with Crippen LogP contribution in [0.3, 0.4) is 0 Å². The fourth-order valence-electron chi connectivity index (χ4n) is 3.50. The van der Waals surface area contributed by atoms with Gasteiger partial charge < -0.3 is 9.47 Å². The van der Waals surface area contributed by atoms with Crippen LogP contribution in [0.2, 0.25) is 0 Å². The van der Waals surface area contributed by atoms with Crippen LogP contribution in [0, 0.1) is 11.8 Å². The van der Waals surface area contributed by atoms with Gasteiger partial charge >= 0.3 is 11.9 Å². The Morgan fingerprint density at radius 1 is 0.667 bits per heavy atom. The van der Waals surface area contributed by atoms with Gasteiger partial charge in [-0.1, -0.05) is 66.2 Å². The van der Waals surface area contributed by atoms with Crippen LogP contribution in [-0.2, 0) is 9.47 Å². The van der Waals surface area contributed by atoms with Crippen LogP contribution in [0.1, 0.15) is 113 Å². The molecule has 0 saturated carbocycles. The maximum atomic E-state index is 12.2. The van der Waals surface area contributed by atoms with Crippen molar-refractivity contribution in [3.63, 3.8) is 0 Å². The van der Waals surface area contributed by atoms with Crippen molar-refractivity contribution in [1.82, 2.24) is 0 Å². The zero-order chi connectivity index (χ0) is 22.2. The molecule has 0 aromatic heterocycles. The van der Waals surface area contributed by atoms with Crippen molar-refractivity contribution in [3.8, 4) is 0 Å². The summed E-state index contributed by atoms with van der Waals surface area (Å²) in [4.78, 5) is 24.3. The van der Waals surface area contributed by atoms with Crippen LogP contribution in [0.4, 0.5) is 0 Å². The first-order valence-electron chi connectivity index (χ1n) is 11.9. The highest BCUT2D eigenvalue weighted by molar-refractivity contribution is 5.93. The number of benzene rings is 1. The molecule has 0 aliphatic carbocycles. The highest BCUT2D eigenvalue weighted by Gasteiger charge is 2.11. The van der Waals surface area contributed by atoms with Crippen molar-refractivity contribution in [1.29, 1.82) is 0 Å². The van der Waals surface area contributed by atoms with Gasteiger partial charge in [0.25, 0.3) is 0 Å². The summed E-state index contributed by atoms with van der Waals surface area (Å²) in [6.45, 7) is 9.79. The minimum absolute atomic E-state index is 0.336. The minimum Gasteiger partial charge on any atom is -0.462 e. The van der Waals surface area contributed by atoms with Crippen LogP contribution >= 0.6 is 0 Å². The zero-order valence-corrected chi connectivity index (χ0v) is 19.6. The lowest BCUT2D eigenvalue weighted by Gasteiger charge is -2.11. The van der Waals surface area contributed by atoms with Gasteiger partial charge in [-0.2, -0.15) is 0 Å². The molecule has 1 aromatic rings. The molecule has 2 atom stereocenters. The van der Waals surface area contributed by atoms with Gasteiger partial charge in [0.15, 0.2) is 0 Å². The molecule has 0 heterocycles. The Bertz CT molecular complexity index is 541. The van der Waals surface area contributed by atoms with E-state index in [4.69, 9.17) is 9.47 Å². The third kappa shape index (κ3) is 11.4. The fraction of sp³-hybridized carbons (Fsp3) is 0.692. The maximum Gasteiger partial charge on any atom is 0.338 e. The molecule has 0 aliphatic heterocycles. The number of esters is 2. The molecular formula is C26H42O4. The van der Waals surface area contributed by atoms with E-state index in [1.807, 2.05) is 0 Å². The normalized spacial score (nSPS) is 12.9. The van der Waals surface area contributed by atoms with E-state index in [0.29, 0.717) is 36.2 Å². The molecular weight excluding hydrogens is 376 g/mol. The first kappa shape index (κ1) is 26.2. The second-order valence-electron chi connectivity index (χ2n) is 8.63. The first-order valence-corrected chi connectivity index (χ1v) is 11.9. The van der Waals surface area contributed by atoms with Gasteiger partial charge in [0.05, 0.1) is 24.3 Å². The molecule has 0 saturated heterocycles. The molecule has 4 heteroatoms. The molecule has 0 fully saturated rings. The molecule has 0 amide bonds. The van der Waals surface area contributed by atoms with E-state index >= 15 is 0 Å². The molecule has 0 spiro atoms. The summed E-state index contributed by atoms with van der Waals surface area (Å²) in [6.07, 6.45) is 11.4. The Hall–Kier alpha value is -1.84. The second-order valence-corrected chi connectivity index (χ2v) is 8.63. The van der Waals surface area contributed by atoms with E-state index < -0.39 is 0 Å². The number of unbranched alkanes of at least 4 members (excludes halogenated alkanes) is 2. The van der Waals surface area contributed by atoms with E-state index in [2.05, 4.69) is 27.7 Å². The average Bonchev–Trinajstić information content (AvgIpc) is 2.76. The Balaban J connectivity index is 2.27. The van der Waals surface area contributed by atoms with Crippen molar-refractivity contribution in [2.45, 2.75) is 91.9 Å². The van der Waals surface area contributed by atoms with E-state index in [1.54, 1.807) is 24.3 Å². The average molecular weight is 419 g/mol. The Morgan fingerprint density at radius 2 is 1.00 bits per heavy atom. The van der Waals surface area contributed by atoms with Crippen LogP contribution in [0.5, 0.6) is 0 Å². The fourth-order valence-corrected chi connectivity index (χ4v) is 3.50. The Labute approximate surface area is 183 Å². The standard InChI is InChI=1S/C26H42O4/c1-5-7-11-21(3)13-9-19-29-25(27)23-15-17-24(18-16-23)26(28)30-20-10-14-22(4)12-8-6-2/h15-18,21-22H,5-14,19-20H2,1-4H3. The molecule has 4 nitrogen and oxygen atoms in total. The number of ether oxygens (including phenoxy) is 2. The minimum atomic E-state index is -0.336. The predicted molar refractivity (Wildman–Crippen MR) is 123 cm³/mol. The van der Waals surface area contributed by atoms with Gasteiger partial charge in [-0.05, 0) is 61.8 Å². The SMILES string of the molecule is CCCCC(C)CCCOC(=O)c1ccc(C(=O)OCCCC(C)CCCC)cc1. The third-order valence-electron chi connectivity index (χ3n) is 5.61. The van der Waals surface area contributed by atoms with Gasteiger partial charge in [0.1, 0.15) is 0 Å². The lowest BCUT2D eigenvalue weighted by atomic mass is 9.99. The summed E-state index contributed by atoms with van der Waals surface area (Å²) >= 11 is 0. The Kier molecular flexibility index (Phi) is 13.9. The van der Waals surface area contributed by atoms with Gasteiger partial charge in [-0.25, -0.2) is 9.59 Å². The van der Waals surface area contributed by atoms with Crippen LogP contribution < -0.4 is 0 Å². The topological polar surface area (TPSA) is 52.6 Å². The molecule has 2 unspecified atom stereocenters. The summed E-state index contributed by atoms with van der Waals surface area (Å²) in [5.41, 5.74) is 0.936. The smallest absolute Gasteiger partial charge is 0.338 e. The number of rotatable bonds is 16. The number of carbonyl (C=O) groups is 2. The van der Waals surface area contributed by atoms with E-state index in [-0.39, 0.29) is 11.9 Å². The van der Waals surface area contributed by atoms with Crippen molar-refractivity contribution in [2.75, 3.05) is 13.2 Å². The molecule has 1 aromatic carbocycles. The van der Waals surface area contributed by atoms with Crippen LogP contribution in [-0.4, -0.2) is 25.2 Å². The summed E-state index contributed by atoms with van der Waals surface area (Å²) < 4.78 is 10.7. The lowest BCUT2D eigenvalue weighted by Crippen LogP contribution is -2.10. The van der Waals surface area contributed by atoms with Gasteiger partial charge in [0, 0.05) is 0 Å². The van der Waals surface area contributed by atoms with Gasteiger partial charge in [0.2, 0.25) is 0 Å². The van der Waals surface area contributed by atoms with Gasteiger partial charge in [-0.15, -0.1) is 0 Å². The number of hydrogen-bond acceptors (Lipinski definition) is 4. The molecule has 30 heavy (non-hydrogen) atoms. The molecule has 0 bridgehead atoms. The number of hydrogen-bond donors (Lipinski definition) is 0. The van der Waals surface area contributed by atoms with Crippen LogP contribution in [0.25, 0.3) is 0 Å². The zero-order valence-electron chi connectivity index (χ0n) is 19.6. The Morgan fingerprint density at radius 3 is 1.33 bits per heavy atom. The van der Waals surface area contributed by atoms with E-state index in [9.17, 15) is 9.59 Å². The number of carbonyl (C=O) groups excluding carboxylic acids is 2. The summed E-state index contributed by atoms with van der Waals surface area (Å²) in [5, 5.41) is 0.